The molecule has 1 amide bonds. The minimum absolute atomic E-state index is 0.109. The molecule has 1 aliphatic heterocycles. The van der Waals surface area contributed by atoms with Gasteiger partial charge in [-0.25, -0.2) is 0 Å². The maximum absolute atomic E-state index is 11.9. The molecule has 1 N–H and O–H groups in total. The van der Waals surface area contributed by atoms with E-state index in [2.05, 4.69) is 5.32 Å². The Morgan fingerprint density at radius 3 is 2.76 bits per heavy atom. The summed E-state index contributed by atoms with van der Waals surface area (Å²) in [5.74, 6) is 0.262. The lowest BCUT2D eigenvalue weighted by atomic mass is 10.0. The van der Waals surface area contributed by atoms with Crippen LogP contribution in [0.1, 0.15) is 5.56 Å². The molecular weight excluding hydrogens is 259 g/mol. The molecule has 0 radical (unpaired) electrons. The van der Waals surface area contributed by atoms with Crippen molar-refractivity contribution >= 4 is 29.1 Å². The van der Waals surface area contributed by atoms with Crippen molar-refractivity contribution in [1.82, 2.24) is 10.2 Å². The van der Waals surface area contributed by atoms with Gasteiger partial charge in [0, 0.05) is 26.7 Å². The Labute approximate surface area is 111 Å². The zero-order chi connectivity index (χ0) is 12.4. The third kappa shape index (κ3) is 2.73. The Hall–Kier alpha value is -0.770. The van der Waals surface area contributed by atoms with Gasteiger partial charge >= 0.3 is 0 Å². The minimum Gasteiger partial charge on any atom is -0.341 e. The van der Waals surface area contributed by atoms with Crippen LogP contribution in [0.5, 0.6) is 0 Å². The first-order valence-corrected chi connectivity index (χ1v) is 6.23. The Morgan fingerprint density at radius 1 is 1.47 bits per heavy atom. The molecule has 0 saturated carbocycles. The molecule has 17 heavy (non-hydrogen) atoms. The van der Waals surface area contributed by atoms with E-state index in [1.54, 1.807) is 18.0 Å². The number of nitrogens with one attached hydrogen (secondary N) is 1. The Balaban J connectivity index is 2.04. The molecule has 0 spiro atoms. The molecular formula is C12H14Cl2N2O. The van der Waals surface area contributed by atoms with Gasteiger partial charge in [-0.1, -0.05) is 35.3 Å². The predicted molar refractivity (Wildman–Crippen MR) is 69.3 cm³/mol. The lowest BCUT2D eigenvalue weighted by molar-refractivity contribution is -0.136. The maximum atomic E-state index is 11.9. The Bertz CT molecular complexity index is 433. The maximum Gasteiger partial charge on any atom is 0.228 e. The van der Waals surface area contributed by atoms with Crippen LogP contribution in [0.4, 0.5) is 0 Å². The zero-order valence-corrected chi connectivity index (χ0v) is 11.1. The highest BCUT2D eigenvalue weighted by atomic mass is 35.5. The second-order valence-corrected chi connectivity index (χ2v) is 5.05. The van der Waals surface area contributed by atoms with Gasteiger partial charge in [0.05, 0.1) is 16.0 Å². The molecule has 1 aromatic carbocycles. The number of carbonyl (C=O) groups excluding carboxylic acids is 1. The van der Waals surface area contributed by atoms with Crippen molar-refractivity contribution in [2.45, 2.75) is 6.54 Å². The van der Waals surface area contributed by atoms with Crippen molar-refractivity contribution in [2.75, 3.05) is 20.1 Å². The minimum atomic E-state index is 0.109. The van der Waals surface area contributed by atoms with Crippen LogP contribution in [0.3, 0.4) is 0 Å². The summed E-state index contributed by atoms with van der Waals surface area (Å²) in [4.78, 5) is 13.6. The van der Waals surface area contributed by atoms with E-state index >= 15 is 0 Å². The standard InChI is InChI=1S/C12H14Cl2N2O/c1-16(12(17)9-5-15-6-9)7-8-3-2-4-10(13)11(8)14/h2-4,9,15H,5-7H2,1H3. The third-order valence-electron chi connectivity index (χ3n) is 2.95. The number of amides is 1. The summed E-state index contributed by atoms with van der Waals surface area (Å²) in [6.07, 6.45) is 0. The number of rotatable bonds is 3. The van der Waals surface area contributed by atoms with E-state index in [9.17, 15) is 4.79 Å². The highest BCUT2D eigenvalue weighted by molar-refractivity contribution is 6.42. The van der Waals surface area contributed by atoms with Crippen LogP contribution < -0.4 is 5.32 Å². The van der Waals surface area contributed by atoms with Crippen LogP contribution in [0.25, 0.3) is 0 Å². The van der Waals surface area contributed by atoms with Crippen LogP contribution in [0, 0.1) is 5.92 Å². The van der Waals surface area contributed by atoms with Crippen molar-refractivity contribution < 1.29 is 4.79 Å². The summed E-state index contributed by atoms with van der Waals surface area (Å²) >= 11 is 12.0. The second kappa shape index (κ2) is 5.25. The molecule has 3 nitrogen and oxygen atoms in total. The summed E-state index contributed by atoms with van der Waals surface area (Å²) in [7, 11) is 1.79. The number of carbonyl (C=O) groups is 1. The quantitative estimate of drug-likeness (QED) is 0.915. The van der Waals surface area contributed by atoms with Crippen LogP contribution in [-0.4, -0.2) is 30.9 Å². The third-order valence-corrected chi connectivity index (χ3v) is 3.80. The van der Waals surface area contributed by atoms with E-state index in [1.807, 2.05) is 12.1 Å². The Morgan fingerprint density at radius 2 is 2.18 bits per heavy atom. The average molecular weight is 273 g/mol. The molecule has 1 saturated heterocycles. The van der Waals surface area contributed by atoms with E-state index < -0.39 is 0 Å². The van der Waals surface area contributed by atoms with Gasteiger partial charge in [0.2, 0.25) is 5.91 Å². The molecule has 1 aromatic rings. The number of hydrogen-bond acceptors (Lipinski definition) is 2. The van der Waals surface area contributed by atoms with Gasteiger partial charge in [-0.15, -0.1) is 0 Å². The van der Waals surface area contributed by atoms with Crippen molar-refractivity contribution in [1.29, 1.82) is 0 Å². The van der Waals surface area contributed by atoms with E-state index in [-0.39, 0.29) is 11.8 Å². The van der Waals surface area contributed by atoms with Crippen molar-refractivity contribution in [3.05, 3.63) is 33.8 Å². The van der Waals surface area contributed by atoms with Gasteiger partial charge in [-0.05, 0) is 11.6 Å². The fourth-order valence-corrected chi connectivity index (χ4v) is 2.16. The molecule has 2 rings (SSSR count). The molecule has 1 heterocycles. The number of nitrogens with zero attached hydrogens (tertiary/aromatic N) is 1. The molecule has 0 aromatic heterocycles. The zero-order valence-electron chi connectivity index (χ0n) is 9.54. The van der Waals surface area contributed by atoms with Gasteiger partial charge in [-0.2, -0.15) is 0 Å². The molecule has 1 aliphatic rings. The van der Waals surface area contributed by atoms with Crippen molar-refractivity contribution in [2.24, 2.45) is 5.92 Å². The Kier molecular flexibility index (Phi) is 3.92. The first-order chi connectivity index (χ1) is 8.09. The van der Waals surface area contributed by atoms with E-state index in [4.69, 9.17) is 23.2 Å². The highest BCUT2D eigenvalue weighted by Crippen LogP contribution is 2.26. The van der Waals surface area contributed by atoms with E-state index in [1.165, 1.54) is 0 Å². The summed E-state index contributed by atoms with van der Waals surface area (Å²) < 4.78 is 0. The lowest BCUT2D eigenvalue weighted by Crippen LogP contribution is -2.51. The van der Waals surface area contributed by atoms with Crippen LogP contribution >= 0.6 is 23.2 Å². The van der Waals surface area contributed by atoms with Crippen LogP contribution in [0.2, 0.25) is 10.0 Å². The molecule has 0 aliphatic carbocycles. The molecule has 0 atom stereocenters. The highest BCUT2D eigenvalue weighted by Gasteiger charge is 2.27. The fourth-order valence-electron chi connectivity index (χ4n) is 1.78. The molecule has 0 bridgehead atoms. The van der Waals surface area contributed by atoms with Crippen molar-refractivity contribution in [3.8, 4) is 0 Å². The van der Waals surface area contributed by atoms with Gasteiger partial charge in [-0.3, -0.25) is 4.79 Å². The number of benzene rings is 1. The summed E-state index contributed by atoms with van der Waals surface area (Å²) in [5.41, 5.74) is 0.877. The molecule has 5 heteroatoms. The average Bonchev–Trinajstić information content (AvgIpc) is 2.22. The van der Waals surface area contributed by atoms with E-state index in [0.717, 1.165) is 18.7 Å². The van der Waals surface area contributed by atoms with Crippen molar-refractivity contribution in [3.63, 3.8) is 0 Å². The summed E-state index contributed by atoms with van der Waals surface area (Å²) in [6.45, 7) is 2.04. The van der Waals surface area contributed by atoms with Gasteiger partial charge in [0.15, 0.2) is 0 Å². The molecule has 92 valence electrons. The van der Waals surface area contributed by atoms with Gasteiger partial charge in [0.25, 0.3) is 0 Å². The number of halogens is 2. The first kappa shape index (κ1) is 12.7. The predicted octanol–water partition coefficient (Wildman–Crippen LogP) is 2.17. The summed E-state index contributed by atoms with van der Waals surface area (Å²) in [6, 6.07) is 5.47. The van der Waals surface area contributed by atoms with Gasteiger partial charge < -0.3 is 10.2 Å². The summed E-state index contributed by atoms with van der Waals surface area (Å²) in [5, 5.41) is 4.14. The first-order valence-electron chi connectivity index (χ1n) is 5.48. The molecule has 1 fully saturated rings. The molecule has 0 unspecified atom stereocenters. The van der Waals surface area contributed by atoms with Crippen LogP contribution in [0.15, 0.2) is 18.2 Å². The number of hydrogen-bond donors (Lipinski definition) is 1. The smallest absolute Gasteiger partial charge is 0.228 e. The topological polar surface area (TPSA) is 32.3 Å². The fraction of sp³-hybridized carbons (Fsp3) is 0.417. The van der Waals surface area contributed by atoms with Crippen LogP contribution in [-0.2, 0) is 11.3 Å². The lowest BCUT2D eigenvalue weighted by Gasteiger charge is -2.30. The largest absolute Gasteiger partial charge is 0.341 e. The van der Waals surface area contributed by atoms with Gasteiger partial charge in [0.1, 0.15) is 0 Å². The van der Waals surface area contributed by atoms with E-state index in [0.29, 0.717) is 16.6 Å². The second-order valence-electron chi connectivity index (χ2n) is 4.26. The SMILES string of the molecule is CN(Cc1cccc(Cl)c1Cl)C(=O)C1CNC1. The monoisotopic (exact) mass is 272 g/mol. The normalized spacial score (nSPS) is 15.5.